The number of nitrogens with zero attached hydrogens (tertiary/aromatic N) is 1. The second-order valence-electron chi connectivity index (χ2n) is 8.65. The number of rotatable bonds is 7. The molecule has 1 fully saturated rings. The highest BCUT2D eigenvalue weighted by Crippen LogP contribution is 2.41. The zero-order valence-electron chi connectivity index (χ0n) is 19.3. The van der Waals surface area contributed by atoms with Crippen molar-refractivity contribution in [3.05, 3.63) is 89.5 Å². The molecule has 1 saturated heterocycles. The van der Waals surface area contributed by atoms with Crippen LogP contribution in [0.3, 0.4) is 0 Å². The number of fused-ring (bicyclic) bond motifs is 1. The van der Waals surface area contributed by atoms with E-state index in [-0.39, 0.29) is 11.7 Å². The number of amides is 1. The van der Waals surface area contributed by atoms with Crippen molar-refractivity contribution in [2.45, 2.75) is 25.7 Å². The highest BCUT2D eigenvalue weighted by molar-refractivity contribution is 7.22. The SMILES string of the molecule is COc1ccc2c(C(=O)c3ccc(CCC(=O)N4CCCC4)cc3)c(-c3ccccc3)sc2c1. The number of methoxy groups -OCH3 is 1. The standard InChI is InChI=1S/C29H27NO3S/c1-33-23-14-15-24-25(19-23)34-29(22-7-3-2-4-8-22)27(24)28(32)21-12-9-20(10-13-21)11-16-26(31)30-17-5-6-18-30/h2-4,7-10,12-15,19H,5-6,11,16-18H2,1H3. The third-order valence-corrected chi connectivity index (χ3v) is 7.66. The number of ketones is 1. The van der Waals surface area contributed by atoms with Gasteiger partial charge in [0.2, 0.25) is 5.91 Å². The lowest BCUT2D eigenvalue weighted by Gasteiger charge is -2.15. The summed E-state index contributed by atoms with van der Waals surface area (Å²) in [6.07, 6.45) is 3.43. The summed E-state index contributed by atoms with van der Waals surface area (Å²) in [6, 6.07) is 23.6. The lowest BCUT2D eigenvalue weighted by molar-refractivity contribution is -0.130. The summed E-state index contributed by atoms with van der Waals surface area (Å²) in [5.41, 5.74) is 3.49. The molecule has 1 aliphatic heterocycles. The van der Waals surface area contributed by atoms with Gasteiger partial charge < -0.3 is 9.64 Å². The highest BCUT2D eigenvalue weighted by Gasteiger charge is 2.22. The first kappa shape index (κ1) is 22.4. The number of benzene rings is 3. The number of carbonyl (C=O) groups excluding carboxylic acids is 2. The molecule has 0 aliphatic carbocycles. The van der Waals surface area contributed by atoms with Crippen molar-refractivity contribution in [1.29, 1.82) is 0 Å². The Bertz CT molecular complexity index is 1320. The Morgan fingerprint density at radius 3 is 2.38 bits per heavy atom. The molecule has 1 amide bonds. The van der Waals surface area contributed by atoms with Crippen LogP contribution < -0.4 is 4.74 Å². The molecule has 1 aromatic heterocycles. The number of likely N-dealkylation sites (tertiary alicyclic amines) is 1. The maximum Gasteiger partial charge on any atom is 0.222 e. The highest BCUT2D eigenvalue weighted by atomic mass is 32.1. The first-order valence-electron chi connectivity index (χ1n) is 11.7. The molecule has 0 unspecified atom stereocenters. The molecule has 0 bridgehead atoms. The van der Waals surface area contributed by atoms with Gasteiger partial charge in [-0.3, -0.25) is 9.59 Å². The number of thiophene rings is 1. The summed E-state index contributed by atoms with van der Waals surface area (Å²) in [5.74, 6) is 1.01. The zero-order chi connectivity index (χ0) is 23.5. The van der Waals surface area contributed by atoms with E-state index in [1.54, 1.807) is 18.4 Å². The fraction of sp³-hybridized carbons (Fsp3) is 0.241. The van der Waals surface area contributed by atoms with E-state index >= 15 is 0 Å². The second-order valence-corrected chi connectivity index (χ2v) is 9.70. The quantitative estimate of drug-likeness (QED) is 0.296. The van der Waals surface area contributed by atoms with Crippen LogP contribution in [0.4, 0.5) is 0 Å². The minimum atomic E-state index is 0.00923. The Kier molecular flexibility index (Phi) is 6.45. The van der Waals surface area contributed by atoms with Crippen LogP contribution in [0.15, 0.2) is 72.8 Å². The van der Waals surface area contributed by atoms with Crippen molar-refractivity contribution >= 4 is 33.1 Å². The van der Waals surface area contributed by atoms with Gasteiger partial charge in [-0.05, 0) is 48.6 Å². The van der Waals surface area contributed by atoms with Gasteiger partial charge in [0.1, 0.15) is 5.75 Å². The summed E-state index contributed by atoms with van der Waals surface area (Å²) < 4.78 is 6.43. The summed E-state index contributed by atoms with van der Waals surface area (Å²) in [7, 11) is 1.65. The molecule has 0 radical (unpaired) electrons. The number of hydrogen-bond donors (Lipinski definition) is 0. The third-order valence-electron chi connectivity index (χ3n) is 6.46. The zero-order valence-corrected chi connectivity index (χ0v) is 20.1. The molecule has 5 heteroatoms. The smallest absolute Gasteiger partial charge is 0.222 e. The fourth-order valence-electron chi connectivity index (χ4n) is 4.57. The van der Waals surface area contributed by atoms with Crippen LogP contribution in [-0.4, -0.2) is 36.8 Å². The maximum atomic E-state index is 13.7. The van der Waals surface area contributed by atoms with Crippen LogP contribution in [0.5, 0.6) is 5.75 Å². The van der Waals surface area contributed by atoms with E-state index in [0.717, 1.165) is 63.3 Å². The van der Waals surface area contributed by atoms with Crippen LogP contribution >= 0.6 is 11.3 Å². The van der Waals surface area contributed by atoms with Crippen LogP contribution in [0, 0.1) is 0 Å². The van der Waals surface area contributed by atoms with Crippen molar-refractivity contribution in [1.82, 2.24) is 4.90 Å². The van der Waals surface area contributed by atoms with E-state index in [4.69, 9.17) is 4.74 Å². The van der Waals surface area contributed by atoms with Gasteiger partial charge in [-0.2, -0.15) is 0 Å². The van der Waals surface area contributed by atoms with Gasteiger partial charge in [0.15, 0.2) is 5.78 Å². The molecule has 172 valence electrons. The molecule has 5 rings (SSSR count). The molecule has 0 spiro atoms. The normalized spacial score (nSPS) is 13.4. The van der Waals surface area contributed by atoms with E-state index in [0.29, 0.717) is 18.4 Å². The monoisotopic (exact) mass is 469 g/mol. The van der Waals surface area contributed by atoms with Crippen molar-refractivity contribution < 1.29 is 14.3 Å². The van der Waals surface area contributed by atoms with Gasteiger partial charge >= 0.3 is 0 Å². The Balaban J connectivity index is 1.43. The van der Waals surface area contributed by atoms with E-state index in [1.165, 1.54) is 0 Å². The van der Waals surface area contributed by atoms with E-state index in [9.17, 15) is 9.59 Å². The number of aryl methyl sites for hydroxylation is 1. The summed E-state index contributed by atoms with van der Waals surface area (Å²) >= 11 is 1.61. The average molecular weight is 470 g/mol. The predicted octanol–water partition coefficient (Wildman–Crippen LogP) is 6.36. The lowest BCUT2D eigenvalue weighted by atomic mass is 9.96. The second kappa shape index (κ2) is 9.82. The van der Waals surface area contributed by atoms with E-state index in [2.05, 4.69) is 0 Å². The van der Waals surface area contributed by atoms with Crippen molar-refractivity contribution in [3.8, 4) is 16.2 Å². The van der Waals surface area contributed by atoms with Crippen LogP contribution in [0.1, 0.15) is 40.7 Å². The molecule has 2 heterocycles. The molecular weight excluding hydrogens is 442 g/mol. The van der Waals surface area contributed by atoms with Gasteiger partial charge in [-0.15, -0.1) is 11.3 Å². The Labute approximate surface area is 203 Å². The molecular formula is C29H27NO3S. The molecule has 4 nitrogen and oxygen atoms in total. The third kappa shape index (κ3) is 4.48. The molecule has 1 aliphatic rings. The van der Waals surface area contributed by atoms with Crippen molar-refractivity contribution in [2.24, 2.45) is 0 Å². The summed E-state index contributed by atoms with van der Waals surface area (Å²) in [6.45, 7) is 1.77. The molecule has 3 aromatic carbocycles. The minimum Gasteiger partial charge on any atom is -0.497 e. The minimum absolute atomic E-state index is 0.00923. The number of ether oxygens (including phenoxy) is 1. The maximum absolute atomic E-state index is 13.7. The van der Waals surface area contributed by atoms with Gasteiger partial charge in [-0.25, -0.2) is 0 Å². The molecule has 0 atom stereocenters. The van der Waals surface area contributed by atoms with Gasteiger partial charge in [0.05, 0.1) is 7.11 Å². The molecule has 0 N–H and O–H groups in total. The van der Waals surface area contributed by atoms with E-state index < -0.39 is 0 Å². The van der Waals surface area contributed by atoms with Gasteiger partial charge in [-0.1, -0.05) is 54.6 Å². The Morgan fingerprint density at radius 2 is 1.68 bits per heavy atom. The Morgan fingerprint density at radius 1 is 0.941 bits per heavy atom. The topological polar surface area (TPSA) is 46.6 Å². The first-order valence-corrected chi connectivity index (χ1v) is 12.5. The Hall–Kier alpha value is -3.44. The number of hydrogen-bond acceptors (Lipinski definition) is 4. The average Bonchev–Trinajstić information content (AvgIpc) is 3.56. The predicted molar refractivity (Wildman–Crippen MR) is 138 cm³/mol. The summed E-state index contributed by atoms with van der Waals surface area (Å²) in [5, 5.41) is 0.940. The van der Waals surface area contributed by atoms with Crippen LogP contribution in [0.2, 0.25) is 0 Å². The van der Waals surface area contributed by atoms with Crippen LogP contribution in [-0.2, 0) is 11.2 Å². The largest absolute Gasteiger partial charge is 0.497 e. The lowest BCUT2D eigenvalue weighted by Crippen LogP contribution is -2.27. The summed E-state index contributed by atoms with van der Waals surface area (Å²) in [4.78, 5) is 29.0. The van der Waals surface area contributed by atoms with Crippen molar-refractivity contribution in [3.63, 3.8) is 0 Å². The number of carbonyl (C=O) groups is 2. The molecule has 34 heavy (non-hydrogen) atoms. The van der Waals surface area contributed by atoms with E-state index in [1.807, 2.05) is 77.7 Å². The van der Waals surface area contributed by atoms with Gasteiger partial charge in [0.25, 0.3) is 0 Å². The molecule has 0 saturated carbocycles. The molecule has 4 aromatic rings. The fourth-order valence-corrected chi connectivity index (χ4v) is 5.80. The van der Waals surface area contributed by atoms with Crippen molar-refractivity contribution in [2.75, 3.05) is 20.2 Å². The first-order chi connectivity index (χ1) is 16.6. The van der Waals surface area contributed by atoms with Crippen LogP contribution in [0.25, 0.3) is 20.5 Å². The van der Waals surface area contributed by atoms with Gasteiger partial charge in [0, 0.05) is 45.6 Å².